The Bertz CT molecular complexity index is 1010. The second-order valence-corrected chi connectivity index (χ2v) is 8.45. The number of hydrogen-bond donors (Lipinski definition) is 3. The minimum Gasteiger partial charge on any atom is -0.379 e. The smallest absolute Gasteiger partial charge is 0.228 e. The van der Waals surface area contributed by atoms with E-state index in [0.717, 1.165) is 16.9 Å². The van der Waals surface area contributed by atoms with Crippen molar-refractivity contribution in [1.82, 2.24) is 0 Å². The second kappa shape index (κ2) is 10.9. The molecule has 3 aromatic rings. The fraction of sp³-hybridized carbons (Fsp3) is 0.167. The normalized spacial score (nSPS) is 10.5. The molecule has 0 aliphatic rings. The van der Waals surface area contributed by atoms with Gasteiger partial charge in [0.25, 0.3) is 0 Å². The number of amides is 1. The van der Waals surface area contributed by atoms with Gasteiger partial charge in [0.2, 0.25) is 5.91 Å². The number of carbonyl (C=O) groups excluding carboxylic acids is 1. The van der Waals surface area contributed by atoms with Gasteiger partial charge in [-0.1, -0.05) is 61.0 Å². The monoisotopic (exact) mass is 437 g/mol. The highest BCUT2D eigenvalue weighted by Gasteiger charge is 2.11. The number of anilines is 2. The first-order valence-electron chi connectivity index (χ1n) is 9.72. The lowest BCUT2D eigenvalue weighted by atomic mass is 10.1. The van der Waals surface area contributed by atoms with Crippen LogP contribution in [-0.4, -0.2) is 17.9 Å². The Morgan fingerprint density at radius 1 is 1.07 bits per heavy atom. The van der Waals surface area contributed by atoms with Gasteiger partial charge in [0.1, 0.15) is 0 Å². The van der Waals surface area contributed by atoms with Gasteiger partial charge in [-0.15, -0.1) is 11.8 Å². The summed E-state index contributed by atoms with van der Waals surface area (Å²) in [5.74, 6) is 0.898. The third-order valence-corrected chi connectivity index (χ3v) is 5.66. The van der Waals surface area contributed by atoms with E-state index in [1.807, 2.05) is 54.6 Å². The van der Waals surface area contributed by atoms with Crippen molar-refractivity contribution in [1.29, 1.82) is 5.41 Å². The van der Waals surface area contributed by atoms with Crippen molar-refractivity contribution in [3.8, 4) is 0 Å². The molecule has 154 valence electrons. The van der Waals surface area contributed by atoms with E-state index in [1.165, 1.54) is 11.1 Å². The lowest BCUT2D eigenvalue weighted by Crippen LogP contribution is -2.15. The number of rotatable bonds is 9. The predicted octanol–water partition coefficient (Wildman–Crippen LogP) is 6.24. The van der Waals surface area contributed by atoms with Gasteiger partial charge in [-0.3, -0.25) is 4.79 Å². The van der Waals surface area contributed by atoms with Crippen LogP contribution in [0.4, 0.5) is 11.4 Å². The fourth-order valence-electron chi connectivity index (χ4n) is 3.05. The average molecular weight is 438 g/mol. The summed E-state index contributed by atoms with van der Waals surface area (Å²) in [5, 5.41) is 14.4. The summed E-state index contributed by atoms with van der Waals surface area (Å²) in [7, 11) is 0. The third kappa shape index (κ3) is 6.12. The van der Waals surface area contributed by atoms with Crippen molar-refractivity contribution in [2.45, 2.75) is 24.8 Å². The molecule has 0 radical (unpaired) electrons. The molecule has 1 amide bonds. The highest BCUT2D eigenvalue weighted by molar-refractivity contribution is 7.99. The first-order chi connectivity index (χ1) is 14.6. The molecule has 0 atom stereocenters. The molecule has 0 saturated carbocycles. The number of thioether (sulfide) groups is 1. The minimum atomic E-state index is -0.122. The first-order valence-corrected chi connectivity index (χ1v) is 11.1. The van der Waals surface area contributed by atoms with Crippen LogP contribution in [0.25, 0.3) is 0 Å². The highest BCUT2D eigenvalue weighted by atomic mass is 35.5. The van der Waals surface area contributed by atoms with Gasteiger partial charge in [-0.05, 0) is 41.1 Å². The summed E-state index contributed by atoms with van der Waals surface area (Å²) in [5.41, 5.74) is 3.94. The van der Waals surface area contributed by atoms with Crippen LogP contribution in [0.3, 0.4) is 0 Å². The van der Waals surface area contributed by atoms with Crippen LogP contribution < -0.4 is 10.6 Å². The van der Waals surface area contributed by atoms with Crippen LogP contribution in [0.5, 0.6) is 0 Å². The van der Waals surface area contributed by atoms with Crippen molar-refractivity contribution in [3.05, 3.63) is 88.4 Å². The summed E-state index contributed by atoms with van der Waals surface area (Å²) in [6.07, 6.45) is 1.52. The summed E-state index contributed by atoms with van der Waals surface area (Å²) in [6, 6.07) is 21.5. The molecule has 3 N–H and O–H groups in total. The topological polar surface area (TPSA) is 65.0 Å². The zero-order valence-electron chi connectivity index (χ0n) is 16.7. The molecule has 0 bridgehead atoms. The highest BCUT2D eigenvalue weighted by Crippen LogP contribution is 2.30. The van der Waals surface area contributed by atoms with Crippen molar-refractivity contribution >= 4 is 46.9 Å². The maximum Gasteiger partial charge on any atom is 0.228 e. The molecular formula is C24H24ClN3OS. The maximum atomic E-state index is 12.5. The molecule has 3 aromatic carbocycles. The minimum absolute atomic E-state index is 0.122. The number of benzene rings is 3. The maximum absolute atomic E-state index is 12.5. The molecule has 0 saturated heterocycles. The Hall–Kier alpha value is -2.76. The molecule has 6 heteroatoms. The SMILES string of the molecule is CCSc1ccc(CC(=O)Nc2cc(Cl)c(NCc3ccccc3)c(C=N)c2)cc1. The molecule has 4 nitrogen and oxygen atoms in total. The van der Waals surface area contributed by atoms with Gasteiger partial charge in [0, 0.05) is 28.9 Å². The molecule has 0 heterocycles. The molecule has 0 aliphatic heterocycles. The summed E-state index contributed by atoms with van der Waals surface area (Å²) >= 11 is 8.22. The fourth-order valence-corrected chi connectivity index (χ4v) is 4.00. The van der Waals surface area contributed by atoms with Crippen LogP contribution in [0.15, 0.2) is 71.6 Å². The molecule has 0 fully saturated rings. The van der Waals surface area contributed by atoms with E-state index < -0.39 is 0 Å². The first kappa shape index (κ1) is 21.9. The van der Waals surface area contributed by atoms with Gasteiger partial charge in [-0.25, -0.2) is 0 Å². The van der Waals surface area contributed by atoms with Crippen LogP contribution in [0, 0.1) is 5.41 Å². The van der Waals surface area contributed by atoms with Gasteiger partial charge in [-0.2, -0.15) is 0 Å². The van der Waals surface area contributed by atoms with E-state index in [0.29, 0.717) is 28.5 Å². The number of hydrogen-bond acceptors (Lipinski definition) is 4. The van der Waals surface area contributed by atoms with E-state index in [2.05, 4.69) is 17.6 Å². The number of nitrogens with one attached hydrogen (secondary N) is 3. The number of carbonyl (C=O) groups is 1. The van der Waals surface area contributed by atoms with Crippen molar-refractivity contribution in [3.63, 3.8) is 0 Å². The summed E-state index contributed by atoms with van der Waals surface area (Å²) in [6.45, 7) is 2.71. The Kier molecular flexibility index (Phi) is 7.94. The Labute approximate surface area is 186 Å². The summed E-state index contributed by atoms with van der Waals surface area (Å²) < 4.78 is 0. The van der Waals surface area contributed by atoms with E-state index in [-0.39, 0.29) is 12.3 Å². The molecule has 0 aliphatic carbocycles. The molecule has 0 aromatic heterocycles. The largest absolute Gasteiger partial charge is 0.379 e. The average Bonchev–Trinajstić information content (AvgIpc) is 2.75. The Morgan fingerprint density at radius 2 is 1.80 bits per heavy atom. The predicted molar refractivity (Wildman–Crippen MR) is 128 cm³/mol. The third-order valence-electron chi connectivity index (χ3n) is 4.47. The molecule has 0 spiro atoms. The van der Waals surface area contributed by atoms with Crippen LogP contribution in [-0.2, 0) is 17.8 Å². The zero-order valence-corrected chi connectivity index (χ0v) is 18.3. The molecule has 30 heavy (non-hydrogen) atoms. The van der Waals surface area contributed by atoms with Crippen LogP contribution >= 0.6 is 23.4 Å². The van der Waals surface area contributed by atoms with Gasteiger partial charge >= 0.3 is 0 Å². The van der Waals surface area contributed by atoms with Crippen molar-refractivity contribution in [2.75, 3.05) is 16.4 Å². The molecule has 3 rings (SSSR count). The van der Waals surface area contributed by atoms with E-state index in [9.17, 15) is 4.79 Å². The van der Waals surface area contributed by atoms with Crippen molar-refractivity contribution < 1.29 is 4.79 Å². The standard InChI is InChI=1S/C24H24ClN3OS/c1-2-30-21-10-8-17(9-11-21)12-23(29)28-20-13-19(15-26)24(22(25)14-20)27-16-18-6-4-3-5-7-18/h3-11,13-15,26-27H,2,12,16H2,1H3,(H,28,29). The quantitative estimate of drug-likeness (QED) is 0.274. The molecular weight excluding hydrogens is 414 g/mol. The van der Waals surface area contributed by atoms with Crippen molar-refractivity contribution in [2.24, 2.45) is 0 Å². The lowest BCUT2D eigenvalue weighted by Gasteiger charge is -2.14. The van der Waals surface area contributed by atoms with Gasteiger partial charge < -0.3 is 16.0 Å². The van der Waals surface area contributed by atoms with E-state index in [1.54, 1.807) is 23.9 Å². The van der Waals surface area contributed by atoms with Crippen LogP contribution in [0.1, 0.15) is 23.6 Å². The second-order valence-electron chi connectivity index (χ2n) is 6.71. The van der Waals surface area contributed by atoms with E-state index >= 15 is 0 Å². The molecule has 0 unspecified atom stereocenters. The van der Waals surface area contributed by atoms with E-state index in [4.69, 9.17) is 17.0 Å². The Balaban J connectivity index is 1.66. The van der Waals surface area contributed by atoms with Gasteiger partial charge in [0.15, 0.2) is 0 Å². The Morgan fingerprint density at radius 3 is 2.47 bits per heavy atom. The van der Waals surface area contributed by atoms with Gasteiger partial charge in [0.05, 0.1) is 17.1 Å². The number of halogens is 1. The van der Waals surface area contributed by atoms with Crippen LogP contribution in [0.2, 0.25) is 5.02 Å². The lowest BCUT2D eigenvalue weighted by molar-refractivity contribution is -0.115. The zero-order chi connectivity index (χ0) is 21.3. The summed E-state index contributed by atoms with van der Waals surface area (Å²) in [4.78, 5) is 13.7.